The molecule has 0 aliphatic rings. The predicted octanol–water partition coefficient (Wildman–Crippen LogP) is 4.32. The number of nitriles is 1. The summed E-state index contributed by atoms with van der Waals surface area (Å²) in [6.45, 7) is 0. The molecule has 2 nitrogen and oxygen atoms in total. The fourth-order valence-electron chi connectivity index (χ4n) is 1.69. The Bertz CT molecular complexity index is 741. The molecule has 0 amide bonds. The van der Waals surface area contributed by atoms with Crippen molar-refractivity contribution in [2.75, 3.05) is 0 Å². The minimum atomic E-state index is 0.651. The molecular weight excluding hydrogens is 260 g/mol. The lowest BCUT2D eigenvalue weighted by atomic mass is 10.1. The lowest BCUT2D eigenvalue weighted by Crippen LogP contribution is -1.74. The average Bonchev–Trinajstić information content (AvgIpc) is 2.86. The van der Waals surface area contributed by atoms with Crippen molar-refractivity contribution in [3.63, 3.8) is 0 Å². The zero-order chi connectivity index (χ0) is 12.4. The summed E-state index contributed by atoms with van der Waals surface area (Å²) in [5.74, 6) is 0. The first-order chi connectivity index (χ1) is 8.85. The summed E-state index contributed by atoms with van der Waals surface area (Å²) in [6, 6.07) is 16.7. The Hall–Kier alpha value is -1.83. The highest BCUT2D eigenvalue weighted by molar-refractivity contribution is 8.01. The number of aromatic nitrogens is 1. The van der Waals surface area contributed by atoms with Crippen LogP contribution in [0, 0.1) is 11.3 Å². The standard InChI is InChI=1S/C14H8N2S2/c15-8-13-9-16-14(18-13)17-12-6-5-10-3-1-2-4-11(10)7-12/h1-7,9H. The summed E-state index contributed by atoms with van der Waals surface area (Å²) in [5.41, 5.74) is 0. The molecule has 1 aromatic heterocycles. The van der Waals surface area contributed by atoms with Crippen molar-refractivity contribution >= 4 is 33.9 Å². The lowest BCUT2D eigenvalue weighted by molar-refractivity contribution is 1.24. The Kier molecular flexibility index (Phi) is 3.01. The van der Waals surface area contributed by atoms with Gasteiger partial charge in [-0.05, 0) is 22.9 Å². The molecule has 0 unspecified atom stereocenters. The van der Waals surface area contributed by atoms with Gasteiger partial charge in [0.1, 0.15) is 10.9 Å². The van der Waals surface area contributed by atoms with Gasteiger partial charge in [-0.3, -0.25) is 0 Å². The van der Waals surface area contributed by atoms with Crippen LogP contribution in [0.1, 0.15) is 4.88 Å². The Morgan fingerprint density at radius 2 is 1.94 bits per heavy atom. The number of hydrogen-bond acceptors (Lipinski definition) is 4. The van der Waals surface area contributed by atoms with Crippen molar-refractivity contribution in [2.45, 2.75) is 9.24 Å². The average molecular weight is 268 g/mol. The van der Waals surface area contributed by atoms with Gasteiger partial charge in [-0.2, -0.15) is 5.26 Å². The van der Waals surface area contributed by atoms with Crippen molar-refractivity contribution in [1.82, 2.24) is 4.98 Å². The summed E-state index contributed by atoms with van der Waals surface area (Å²) in [4.78, 5) is 6.02. The molecule has 0 saturated heterocycles. The van der Waals surface area contributed by atoms with Crippen LogP contribution in [0.5, 0.6) is 0 Å². The number of rotatable bonds is 2. The number of benzene rings is 2. The minimum absolute atomic E-state index is 0.651. The zero-order valence-electron chi connectivity index (χ0n) is 9.33. The van der Waals surface area contributed by atoms with Gasteiger partial charge >= 0.3 is 0 Å². The van der Waals surface area contributed by atoms with Crippen LogP contribution in [0.25, 0.3) is 10.8 Å². The van der Waals surface area contributed by atoms with Crippen molar-refractivity contribution < 1.29 is 0 Å². The fraction of sp³-hybridized carbons (Fsp3) is 0. The maximum Gasteiger partial charge on any atom is 0.155 e. The quantitative estimate of drug-likeness (QED) is 0.694. The first-order valence-electron chi connectivity index (χ1n) is 5.38. The van der Waals surface area contributed by atoms with Gasteiger partial charge in [0, 0.05) is 4.90 Å². The molecule has 0 aliphatic heterocycles. The first-order valence-corrected chi connectivity index (χ1v) is 7.01. The smallest absolute Gasteiger partial charge is 0.155 e. The zero-order valence-corrected chi connectivity index (χ0v) is 11.0. The van der Waals surface area contributed by atoms with Gasteiger partial charge in [0.05, 0.1) is 6.20 Å². The van der Waals surface area contributed by atoms with Crippen molar-refractivity contribution in [3.05, 3.63) is 53.5 Å². The summed E-state index contributed by atoms with van der Waals surface area (Å²) >= 11 is 3.02. The monoisotopic (exact) mass is 268 g/mol. The molecule has 86 valence electrons. The molecule has 2 aromatic carbocycles. The molecular formula is C14H8N2S2. The van der Waals surface area contributed by atoms with E-state index in [0.717, 1.165) is 9.24 Å². The molecule has 3 aromatic rings. The number of fused-ring (bicyclic) bond motifs is 1. The van der Waals surface area contributed by atoms with E-state index in [-0.39, 0.29) is 0 Å². The van der Waals surface area contributed by atoms with Crippen molar-refractivity contribution in [3.8, 4) is 6.07 Å². The summed E-state index contributed by atoms with van der Waals surface area (Å²) in [5, 5.41) is 11.2. The molecule has 0 fully saturated rings. The second kappa shape index (κ2) is 4.81. The molecule has 1 heterocycles. The van der Waals surface area contributed by atoms with Gasteiger partial charge in [0.25, 0.3) is 0 Å². The Labute approximate surface area is 113 Å². The summed E-state index contributed by atoms with van der Waals surface area (Å²) < 4.78 is 0.904. The van der Waals surface area contributed by atoms with Gasteiger partial charge in [-0.1, -0.05) is 53.4 Å². The van der Waals surface area contributed by atoms with E-state index >= 15 is 0 Å². The Morgan fingerprint density at radius 1 is 1.11 bits per heavy atom. The molecule has 0 atom stereocenters. The van der Waals surface area contributed by atoms with Crippen LogP contribution in [0.3, 0.4) is 0 Å². The molecule has 0 saturated carbocycles. The van der Waals surface area contributed by atoms with Gasteiger partial charge in [0.2, 0.25) is 0 Å². The lowest BCUT2D eigenvalue weighted by Gasteiger charge is -2.01. The summed E-state index contributed by atoms with van der Waals surface area (Å²) in [6.07, 6.45) is 1.62. The van der Waals surface area contributed by atoms with Crippen LogP contribution in [-0.2, 0) is 0 Å². The molecule has 4 heteroatoms. The third-order valence-electron chi connectivity index (χ3n) is 2.52. The summed E-state index contributed by atoms with van der Waals surface area (Å²) in [7, 11) is 0. The maximum atomic E-state index is 8.77. The van der Waals surface area contributed by atoms with Crippen LogP contribution in [0.15, 0.2) is 57.9 Å². The van der Waals surface area contributed by atoms with Crippen LogP contribution in [-0.4, -0.2) is 4.98 Å². The van der Waals surface area contributed by atoms with Crippen LogP contribution in [0.4, 0.5) is 0 Å². The van der Waals surface area contributed by atoms with Crippen LogP contribution < -0.4 is 0 Å². The van der Waals surface area contributed by atoms with E-state index in [9.17, 15) is 0 Å². The highest BCUT2D eigenvalue weighted by Gasteiger charge is 2.04. The number of nitrogens with zero attached hydrogens (tertiary/aromatic N) is 2. The van der Waals surface area contributed by atoms with Gasteiger partial charge in [-0.25, -0.2) is 4.98 Å². The second-order valence-corrected chi connectivity index (χ2v) is 6.06. The van der Waals surface area contributed by atoms with Crippen molar-refractivity contribution in [2.24, 2.45) is 0 Å². The second-order valence-electron chi connectivity index (χ2n) is 3.71. The first kappa shape index (κ1) is 11.3. The van der Waals surface area contributed by atoms with E-state index in [1.165, 1.54) is 22.1 Å². The number of hydrogen-bond donors (Lipinski definition) is 0. The Balaban J connectivity index is 1.93. The molecule has 0 bridgehead atoms. The third kappa shape index (κ3) is 2.23. The Morgan fingerprint density at radius 3 is 2.72 bits per heavy atom. The van der Waals surface area contributed by atoms with E-state index in [1.807, 2.05) is 12.1 Å². The van der Waals surface area contributed by atoms with Gasteiger partial charge in [-0.15, -0.1) is 0 Å². The van der Waals surface area contributed by atoms with Gasteiger partial charge in [0.15, 0.2) is 4.34 Å². The fourth-order valence-corrected chi connectivity index (χ4v) is 3.49. The van der Waals surface area contributed by atoms with E-state index in [0.29, 0.717) is 4.88 Å². The molecule has 0 radical (unpaired) electrons. The number of thiazole rings is 1. The van der Waals surface area contributed by atoms with Crippen molar-refractivity contribution in [1.29, 1.82) is 5.26 Å². The molecule has 0 N–H and O–H groups in total. The SMILES string of the molecule is N#Cc1cnc(Sc2ccc3ccccc3c2)s1. The van der Waals surface area contributed by atoms with E-state index in [2.05, 4.69) is 41.4 Å². The normalized spacial score (nSPS) is 10.4. The van der Waals surface area contributed by atoms with Crippen LogP contribution >= 0.6 is 23.1 Å². The van der Waals surface area contributed by atoms with Gasteiger partial charge < -0.3 is 0 Å². The predicted molar refractivity (Wildman–Crippen MR) is 74.9 cm³/mol. The topological polar surface area (TPSA) is 36.7 Å². The molecule has 0 aliphatic carbocycles. The maximum absolute atomic E-state index is 8.77. The third-order valence-corrected chi connectivity index (χ3v) is 4.49. The van der Waals surface area contributed by atoms with Crippen LogP contribution in [0.2, 0.25) is 0 Å². The molecule has 18 heavy (non-hydrogen) atoms. The molecule has 0 spiro atoms. The van der Waals surface area contributed by atoms with E-state index in [4.69, 9.17) is 5.26 Å². The largest absolute Gasteiger partial charge is 0.236 e. The highest BCUT2D eigenvalue weighted by Crippen LogP contribution is 2.32. The highest BCUT2D eigenvalue weighted by atomic mass is 32.2. The minimum Gasteiger partial charge on any atom is -0.236 e. The molecule has 3 rings (SSSR count). The van der Waals surface area contributed by atoms with E-state index in [1.54, 1.807) is 18.0 Å². The van der Waals surface area contributed by atoms with E-state index < -0.39 is 0 Å².